The van der Waals surface area contributed by atoms with Gasteiger partial charge in [0.15, 0.2) is 0 Å². The van der Waals surface area contributed by atoms with Crippen molar-refractivity contribution in [3.63, 3.8) is 0 Å². The number of carbonyl (C=O) groups is 1. The third-order valence-electron chi connectivity index (χ3n) is 4.96. The van der Waals surface area contributed by atoms with Crippen molar-refractivity contribution < 1.29 is 4.79 Å². The van der Waals surface area contributed by atoms with Crippen LogP contribution in [0.1, 0.15) is 49.6 Å². The fourth-order valence-electron chi connectivity index (χ4n) is 3.40. The molecule has 1 aliphatic heterocycles. The second kappa shape index (κ2) is 6.00. The molecule has 4 rings (SSSR count). The molecule has 2 aromatic rings. The summed E-state index contributed by atoms with van der Waals surface area (Å²) < 4.78 is 1.98. The summed E-state index contributed by atoms with van der Waals surface area (Å²) in [6.07, 6.45) is 8.40. The molecule has 2 unspecified atom stereocenters. The number of aromatic nitrogens is 2. The van der Waals surface area contributed by atoms with Crippen molar-refractivity contribution in [2.24, 2.45) is 5.92 Å². The average Bonchev–Trinajstić information content (AvgIpc) is 3.00. The van der Waals surface area contributed by atoms with E-state index in [1.165, 1.54) is 17.7 Å². The molecule has 1 saturated heterocycles. The second-order valence-electron chi connectivity index (χ2n) is 6.58. The molecule has 5 nitrogen and oxygen atoms in total. The molecule has 2 aliphatic rings. The maximum atomic E-state index is 12.6. The Bertz CT molecular complexity index is 677. The van der Waals surface area contributed by atoms with Crippen LogP contribution in [-0.2, 0) is 0 Å². The number of urea groups is 1. The molecule has 0 spiro atoms. The Hall–Kier alpha value is -1.82. The Labute approximate surface area is 140 Å². The van der Waals surface area contributed by atoms with Gasteiger partial charge in [-0.15, -0.1) is 11.3 Å². The lowest BCUT2D eigenvalue weighted by Gasteiger charge is -2.23. The van der Waals surface area contributed by atoms with E-state index in [-0.39, 0.29) is 12.1 Å². The van der Waals surface area contributed by atoms with E-state index in [1.54, 1.807) is 17.5 Å². The molecule has 1 aliphatic carbocycles. The maximum absolute atomic E-state index is 12.6. The number of hydrogen-bond donors (Lipinski definition) is 1. The van der Waals surface area contributed by atoms with Crippen molar-refractivity contribution in [3.05, 3.63) is 34.8 Å². The third kappa shape index (κ3) is 3.00. The van der Waals surface area contributed by atoms with E-state index < -0.39 is 0 Å². The Balaban J connectivity index is 1.43. The number of amides is 2. The summed E-state index contributed by atoms with van der Waals surface area (Å²) in [4.78, 5) is 15.9. The molecule has 23 heavy (non-hydrogen) atoms. The van der Waals surface area contributed by atoms with Crippen molar-refractivity contribution in [2.45, 2.75) is 44.7 Å². The first-order valence-electron chi connectivity index (χ1n) is 8.37. The van der Waals surface area contributed by atoms with E-state index in [9.17, 15) is 4.79 Å². The van der Waals surface area contributed by atoms with E-state index in [1.807, 2.05) is 15.8 Å². The summed E-state index contributed by atoms with van der Waals surface area (Å²) in [6, 6.07) is 4.80. The first-order valence-corrected chi connectivity index (χ1v) is 9.25. The van der Waals surface area contributed by atoms with Crippen LogP contribution in [0.25, 0.3) is 0 Å². The lowest BCUT2D eigenvalue weighted by Crippen LogP contribution is -2.34. The van der Waals surface area contributed by atoms with Crippen LogP contribution in [0.3, 0.4) is 0 Å². The van der Waals surface area contributed by atoms with Gasteiger partial charge in [0.25, 0.3) is 0 Å². The average molecular weight is 330 g/mol. The molecule has 0 bridgehead atoms. The fraction of sp³-hybridized carbons (Fsp3) is 0.529. The summed E-state index contributed by atoms with van der Waals surface area (Å²) >= 11 is 1.73. The van der Waals surface area contributed by atoms with E-state index in [0.29, 0.717) is 6.04 Å². The molecule has 2 atom stereocenters. The lowest BCUT2D eigenvalue weighted by molar-refractivity contribution is 0.208. The third-order valence-corrected chi connectivity index (χ3v) is 5.93. The lowest BCUT2D eigenvalue weighted by atomic mass is 10.2. The van der Waals surface area contributed by atoms with Crippen molar-refractivity contribution >= 4 is 23.1 Å². The normalized spacial score (nSPS) is 22.3. The number of nitrogens with zero attached hydrogens (tertiary/aromatic N) is 3. The maximum Gasteiger partial charge on any atom is 0.322 e. The summed E-state index contributed by atoms with van der Waals surface area (Å²) in [5, 5.41) is 9.51. The fourth-order valence-corrected chi connectivity index (χ4v) is 4.28. The minimum atomic E-state index is -0.0143. The quantitative estimate of drug-likeness (QED) is 0.909. The molecule has 3 heterocycles. The zero-order valence-electron chi connectivity index (χ0n) is 13.3. The minimum Gasteiger partial charge on any atom is -0.317 e. The van der Waals surface area contributed by atoms with Gasteiger partial charge in [0.05, 0.1) is 24.0 Å². The van der Waals surface area contributed by atoms with Gasteiger partial charge in [-0.1, -0.05) is 6.07 Å². The Morgan fingerprint density at radius 3 is 3.04 bits per heavy atom. The van der Waals surface area contributed by atoms with Crippen molar-refractivity contribution in [3.8, 4) is 0 Å². The van der Waals surface area contributed by atoms with Crippen LogP contribution in [0.15, 0.2) is 29.9 Å². The Morgan fingerprint density at radius 1 is 1.43 bits per heavy atom. The van der Waals surface area contributed by atoms with Crippen LogP contribution in [0, 0.1) is 5.92 Å². The van der Waals surface area contributed by atoms with Gasteiger partial charge in [0, 0.05) is 17.6 Å². The van der Waals surface area contributed by atoms with Crippen molar-refractivity contribution in [2.75, 3.05) is 11.9 Å². The molecular formula is C17H22N4OS. The topological polar surface area (TPSA) is 50.2 Å². The molecule has 6 heteroatoms. The van der Waals surface area contributed by atoms with Gasteiger partial charge in [-0.3, -0.25) is 4.68 Å². The minimum absolute atomic E-state index is 0.0143. The highest BCUT2D eigenvalue weighted by Gasteiger charge is 2.32. The molecule has 2 fully saturated rings. The zero-order chi connectivity index (χ0) is 15.8. The van der Waals surface area contributed by atoms with Crippen LogP contribution in [0.2, 0.25) is 0 Å². The van der Waals surface area contributed by atoms with E-state index >= 15 is 0 Å². The highest BCUT2D eigenvalue weighted by atomic mass is 32.1. The summed E-state index contributed by atoms with van der Waals surface area (Å²) in [7, 11) is 0. The smallest absolute Gasteiger partial charge is 0.317 e. The zero-order valence-corrected chi connectivity index (χ0v) is 14.1. The predicted molar refractivity (Wildman–Crippen MR) is 91.7 cm³/mol. The first-order chi connectivity index (χ1) is 11.2. The van der Waals surface area contributed by atoms with Gasteiger partial charge in [0.2, 0.25) is 0 Å². The number of thiophene rings is 1. The summed E-state index contributed by atoms with van der Waals surface area (Å²) in [6.45, 7) is 3.02. The molecule has 0 aromatic carbocycles. The molecule has 2 amide bonds. The van der Waals surface area contributed by atoms with E-state index in [2.05, 4.69) is 34.9 Å². The molecular weight excluding hydrogens is 308 g/mol. The van der Waals surface area contributed by atoms with Crippen LogP contribution in [0.5, 0.6) is 0 Å². The highest BCUT2D eigenvalue weighted by Crippen LogP contribution is 2.39. The van der Waals surface area contributed by atoms with Gasteiger partial charge in [-0.05, 0) is 50.0 Å². The number of rotatable bonds is 4. The van der Waals surface area contributed by atoms with Crippen LogP contribution >= 0.6 is 11.3 Å². The van der Waals surface area contributed by atoms with Crippen LogP contribution in [-0.4, -0.2) is 27.3 Å². The number of hydrogen-bond acceptors (Lipinski definition) is 3. The van der Waals surface area contributed by atoms with Gasteiger partial charge in [-0.2, -0.15) is 5.10 Å². The van der Waals surface area contributed by atoms with Gasteiger partial charge >= 0.3 is 6.03 Å². The summed E-state index contributed by atoms with van der Waals surface area (Å²) in [5.74, 6) is 0.750. The van der Waals surface area contributed by atoms with E-state index in [4.69, 9.17) is 0 Å². The van der Waals surface area contributed by atoms with Gasteiger partial charge in [0.1, 0.15) is 0 Å². The van der Waals surface area contributed by atoms with Crippen molar-refractivity contribution in [1.82, 2.24) is 14.7 Å². The SMILES string of the molecule is CC(C1CC1)n1cc(NC(=O)N2CCCC2c2cccs2)cn1. The number of carbonyl (C=O) groups excluding carboxylic acids is 1. The molecule has 0 radical (unpaired) electrons. The van der Waals surface area contributed by atoms with E-state index in [0.717, 1.165) is 31.0 Å². The summed E-state index contributed by atoms with van der Waals surface area (Å²) in [5.41, 5.74) is 0.791. The van der Waals surface area contributed by atoms with Gasteiger partial charge in [-0.25, -0.2) is 4.79 Å². The number of nitrogens with one attached hydrogen (secondary N) is 1. The molecule has 1 N–H and O–H groups in total. The van der Waals surface area contributed by atoms with Crippen molar-refractivity contribution in [1.29, 1.82) is 0 Å². The number of anilines is 1. The predicted octanol–water partition coefficient (Wildman–Crippen LogP) is 4.28. The molecule has 2 aromatic heterocycles. The Morgan fingerprint density at radius 2 is 2.30 bits per heavy atom. The largest absolute Gasteiger partial charge is 0.322 e. The standard InChI is InChI=1S/C17H22N4OS/c1-12(13-6-7-13)21-11-14(10-18-21)19-17(22)20-8-2-4-15(20)16-5-3-9-23-16/h3,5,9-13,15H,2,4,6-8H2,1H3,(H,19,22). The van der Waals surface area contributed by atoms with Gasteiger partial charge < -0.3 is 10.2 Å². The Kier molecular flexibility index (Phi) is 3.85. The molecule has 1 saturated carbocycles. The van der Waals surface area contributed by atoms with Crippen LogP contribution in [0.4, 0.5) is 10.5 Å². The monoisotopic (exact) mass is 330 g/mol. The number of likely N-dealkylation sites (tertiary alicyclic amines) is 1. The molecule has 122 valence electrons. The second-order valence-corrected chi connectivity index (χ2v) is 7.56. The van der Waals surface area contributed by atoms with Crippen LogP contribution < -0.4 is 5.32 Å². The highest BCUT2D eigenvalue weighted by molar-refractivity contribution is 7.10. The first kappa shape index (κ1) is 14.8.